The van der Waals surface area contributed by atoms with Crippen LogP contribution < -0.4 is 4.74 Å². The van der Waals surface area contributed by atoms with Gasteiger partial charge < -0.3 is 9.64 Å². The van der Waals surface area contributed by atoms with Gasteiger partial charge in [0.05, 0.1) is 25.7 Å². The summed E-state index contributed by atoms with van der Waals surface area (Å²) >= 11 is 0. The van der Waals surface area contributed by atoms with Gasteiger partial charge >= 0.3 is 0 Å². The lowest BCUT2D eigenvalue weighted by Crippen LogP contribution is -2.33. The largest absolute Gasteiger partial charge is 0.497 e. The number of benzene rings is 1. The SMILES string of the molecule is COc1ccc(CC(=O)N(CC#N)CC#N)cc1. The van der Waals surface area contributed by atoms with E-state index < -0.39 is 0 Å². The molecule has 1 aromatic carbocycles. The first kappa shape index (κ1) is 13.5. The molecule has 1 amide bonds. The van der Waals surface area contributed by atoms with Crippen molar-refractivity contribution in [3.63, 3.8) is 0 Å². The standard InChI is InChI=1S/C13H13N3O2/c1-18-12-4-2-11(3-5-12)10-13(17)16(8-6-14)9-7-15/h2-5H,8-10H2,1H3. The van der Waals surface area contributed by atoms with Crippen LogP contribution in [0.3, 0.4) is 0 Å². The van der Waals surface area contributed by atoms with Gasteiger partial charge in [-0.15, -0.1) is 0 Å². The van der Waals surface area contributed by atoms with Crippen LogP contribution >= 0.6 is 0 Å². The first-order valence-corrected chi connectivity index (χ1v) is 5.36. The van der Waals surface area contributed by atoms with Gasteiger partial charge in [0.25, 0.3) is 0 Å². The summed E-state index contributed by atoms with van der Waals surface area (Å²) in [5.41, 5.74) is 0.821. The van der Waals surface area contributed by atoms with Gasteiger partial charge in [0.2, 0.25) is 5.91 Å². The van der Waals surface area contributed by atoms with Gasteiger partial charge in [-0.25, -0.2) is 0 Å². The number of methoxy groups -OCH3 is 1. The number of ether oxygens (including phenoxy) is 1. The van der Waals surface area contributed by atoms with Crippen LogP contribution in [0.25, 0.3) is 0 Å². The maximum Gasteiger partial charge on any atom is 0.228 e. The zero-order valence-electron chi connectivity index (χ0n) is 10.1. The second-order valence-electron chi connectivity index (χ2n) is 3.59. The van der Waals surface area contributed by atoms with Crippen molar-refractivity contribution >= 4 is 5.91 Å². The summed E-state index contributed by atoms with van der Waals surface area (Å²) in [6.45, 7) is -0.134. The Morgan fingerprint density at radius 3 is 2.22 bits per heavy atom. The second-order valence-corrected chi connectivity index (χ2v) is 3.59. The summed E-state index contributed by atoms with van der Waals surface area (Å²) in [6, 6.07) is 10.8. The third-order valence-electron chi connectivity index (χ3n) is 2.39. The molecule has 0 fully saturated rings. The lowest BCUT2D eigenvalue weighted by Gasteiger charge is -2.15. The molecule has 5 heteroatoms. The first-order valence-electron chi connectivity index (χ1n) is 5.36. The fourth-order valence-electron chi connectivity index (χ4n) is 1.43. The van der Waals surface area contributed by atoms with E-state index >= 15 is 0 Å². The lowest BCUT2D eigenvalue weighted by molar-refractivity contribution is -0.129. The minimum atomic E-state index is -0.233. The van der Waals surface area contributed by atoms with Crippen molar-refractivity contribution in [1.82, 2.24) is 4.90 Å². The minimum absolute atomic E-state index is 0.0669. The molecule has 92 valence electrons. The summed E-state index contributed by atoms with van der Waals surface area (Å²) in [5, 5.41) is 17.2. The molecule has 5 nitrogen and oxygen atoms in total. The molecule has 0 heterocycles. The highest BCUT2D eigenvalue weighted by molar-refractivity contribution is 5.79. The van der Waals surface area contributed by atoms with E-state index in [1.165, 1.54) is 4.90 Å². The van der Waals surface area contributed by atoms with Crippen LogP contribution in [0.4, 0.5) is 0 Å². The quantitative estimate of drug-likeness (QED) is 0.726. The van der Waals surface area contributed by atoms with E-state index in [9.17, 15) is 4.79 Å². The van der Waals surface area contributed by atoms with E-state index in [4.69, 9.17) is 15.3 Å². The molecular weight excluding hydrogens is 230 g/mol. The molecule has 0 N–H and O–H groups in total. The molecular formula is C13H13N3O2. The van der Waals surface area contributed by atoms with E-state index in [-0.39, 0.29) is 25.4 Å². The Bertz CT molecular complexity index is 466. The van der Waals surface area contributed by atoms with E-state index in [0.717, 1.165) is 11.3 Å². The fraction of sp³-hybridized carbons (Fsp3) is 0.308. The number of rotatable bonds is 5. The van der Waals surface area contributed by atoms with Crippen molar-refractivity contribution in [2.45, 2.75) is 6.42 Å². The van der Waals surface area contributed by atoms with E-state index in [1.54, 1.807) is 31.4 Å². The van der Waals surface area contributed by atoms with Gasteiger partial charge in [0.1, 0.15) is 18.8 Å². The highest BCUT2D eigenvalue weighted by atomic mass is 16.5. The third-order valence-corrected chi connectivity index (χ3v) is 2.39. The molecule has 0 aliphatic heterocycles. The van der Waals surface area contributed by atoms with Crippen molar-refractivity contribution in [3.05, 3.63) is 29.8 Å². The number of nitrogens with zero attached hydrogens (tertiary/aromatic N) is 3. The minimum Gasteiger partial charge on any atom is -0.497 e. The van der Waals surface area contributed by atoms with Crippen LogP contribution in [-0.2, 0) is 11.2 Å². The average Bonchev–Trinajstić information content (AvgIpc) is 2.39. The Morgan fingerprint density at radius 1 is 1.22 bits per heavy atom. The molecule has 0 aliphatic rings. The summed E-state index contributed by atoms with van der Waals surface area (Å²) in [7, 11) is 1.57. The second kappa shape index (κ2) is 6.93. The lowest BCUT2D eigenvalue weighted by atomic mass is 10.1. The molecule has 0 aliphatic carbocycles. The molecule has 1 aromatic rings. The monoisotopic (exact) mass is 243 g/mol. The number of carbonyl (C=O) groups excluding carboxylic acids is 1. The summed E-state index contributed by atoms with van der Waals surface area (Å²) in [4.78, 5) is 13.1. The molecule has 0 aromatic heterocycles. The molecule has 1 rings (SSSR count). The molecule has 18 heavy (non-hydrogen) atoms. The van der Waals surface area contributed by atoms with Crippen LogP contribution in [0.2, 0.25) is 0 Å². The van der Waals surface area contributed by atoms with Gasteiger partial charge in [-0.1, -0.05) is 12.1 Å². The molecule has 0 bridgehead atoms. The Labute approximate surface area is 106 Å². The first-order chi connectivity index (χ1) is 8.71. The topological polar surface area (TPSA) is 77.1 Å². The van der Waals surface area contributed by atoms with E-state index in [1.807, 2.05) is 12.1 Å². The average molecular weight is 243 g/mol. The van der Waals surface area contributed by atoms with E-state index in [0.29, 0.717) is 0 Å². The Morgan fingerprint density at radius 2 is 1.78 bits per heavy atom. The molecule has 0 saturated heterocycles. The highest BCUT2D eigenvalue weighted by Crippen LogP contribution is 2.12. The molecule has 0 atom stereocenters. The smallest absolute Gasteiger partial charge is 0.228 e. The van der Waals surface area contributed by atoms with Crippen LogP contribution in [0.1, 0.15) is 5.56 Å². The van der Waals surface area contributed by atoms with Gasteiger partial charge in [0.15, 0.2) is 0 Å². The van der Waals surface area contributed by atoms with Crippen LogP contribution in [0.15, 0.2) is 24.3 Å². The predicted molar refractivity (Wildman–Crippen MR) is 64.5 cm³/mol. The summed E-state index contributed by atoms with van der Waals surface area (Å²) in [5.74, 6) is 0.486. The van der Waals surface area contributed by atoms with Crippen LogP contribution in [0.5, 0.6) is 5.75 Å². The molecule has 0 saturated carbocycles. The van der Waals surface area contributed by atoms with Gasteiger partial charge in [-0.3, -0.25) is 4.79 Å². The van der Waals surface area contributed by atoms with Crippen molar-refractivity contribution < 1.29 is 9.53 Å². The van der Waals surface area contributed by atoms with Crippen molar-refractivity contribution in [1.29, 1.82) is 10.5 Å². The normalized spacial score (nSPS) is 9.06. The zero-order valence-corrected chi connectivity index (χ0v) is 10.1. The molecule has 0 unspecified atom stereocenters. The van der Waals surface area contributed by atoms with E-state index in [2.05, 4.69) is 0 Å². The number of hydrogen-bond acceptors (Lipinski definition) is 4. The number of amides is 1. The van der Waals surface area contributed by atoms with Crippen molar-refractivity contribution in [2.24, 2.45) is 0 Å². The predicted octanol–water partition coefficient (Wildman–Crippen LogP) is 1.11. The zero-order chi connectivity index (χ0) is 13.4. The third kappa shape index (κ3) is 3.80. The summed E-state index contributed by atoms with van der Waals surface area (Å²) in [6.07, 6.45) is 0.174. The van der Waals surface area contributed by atoms with Crippen molar-refractivity contribution in [3.8, 4) is 17.9 Å². The van der Waals surface area contributed by atoms with Gasteiger partial charge in [-0.2, -0.15) is 10.5 Å². The number of carbonyl (C=O) groups is 1. The fourth-order valence-corrected chi connectivity index (χ4v) is 1.43. The molecule has 0 spiro atoms. The van der Waals surface area contributed by atoms with Crippen LogP contribution in [0, 0.1) is 22.7 Å². The number of nitriles is 2. The summed E-state index contributed by atoms with van der Waals surface area (Å²) < 4.78 is 5.02. The van der Waals surface area contributed by atoms with Crippen molar-refractivity contribution in [2.75, 3.05) is 20.2 Å². The number of hydrogen-bond donors (Lipinski definition) is 0. The van der Waals surface area contributed by atoms with Gasteiger partial charge in [0, 0.05) is 0 Å². The maximum absolute atomic E-state index is 11.8. The Hall–Kier alpha value is -2.53. The Kier molecular flexibility index (Phi) is 5.21. The Balaban J connectivity index is 2.67. The molecule has 0 radical (unpaired) electrons. The van der Waals surface area contributed by atoms with Crippen LogP contribution in [-0.4, -0.2) is 31.0 Å². The highest BCUT2D eigenvalue weighted by Gasteiger charge is 2.13. The van der Waals surface area contributed by atoms with Gasteiger partial charge in [-0.05, 0) is 17.7 Å². The maximum atomic E-state index is 11.8.